The van der Waals surface area contributed by atoms with Crippen molar-refractivity contribution in [3.05, 3.63) is 29.3 Å². The van der Waals surface area contributed by atoms with Crippen LogP contribution in [0.1, 0.15) is 43.7 Å². The number of hydrogen-bond donors (Lipinski definition) is 1. The molecule has 0 saturated heterocycles. The van der Waals surface area contributed by atoms with Crippen LogP contribution < -0.4 is 10.1 Å². The molecule has 1 saturated carbocycles. The average molecular weight is 270 g/mol. The molecule has 2 aliphatic carbocycles. The minimum atomic E-state index is -0.460. The molecule has 1 fully saturated rings. The molecule has 1 N–H and O–H groups in total. The Morgan fingerprint density at radius 2 is 2.15 bits per heavy atom. The zero-order valence-electron chi connectivity index (χ0n) is 12.1. The Morgan fingerprint density at radius 1 is 1.35 bits per heavy atom. The predicted octanol–water partition coefficient (Wildman–Crippen LogP) is 2.98. The third-order valence-corrected chi connectivity index (χ3v) is 4.29. The van der Waals surface area contributed by atoms with Gasteiger partial charge in [0.1, 0.15) is 11.3 Å². The van der Waals surface area contributed by atoms with E-state index < -0.39 is 5.54 Å². The van der Waals surface area contributed by atoms with Crippen molar-refractivity contribution in [3.8, 4) is 11.8 Å². The Labute approximate surface area is 120 Å². The quantitative estimate of drug-likeness (QED) is 0.864. The summed E-state index contributed by atoms with van der Waals surface area (Å²) < 4.78 is 5.84. The van der Waals surface area contributed by atoms with Gasteiger partial charge in [0, 0.05) is 12.5 Å². The van der Waals surface area contributed by atoms with Crippen molar-refractivity contribution < 1.29 is 4.74 Å². The highest BCUT2D eigenvalue weighted by atomic mass is 16.5. The predicted molar refractivity (Wildman–Crippen MR) is 78.8 cm³/mol. The van der Waals surface area contributed by atoms with Gasteiger partial charge in [-0.2, -0.15) is 5.26 Å². The second-order valence-electron chi connectivity index (χ2n) is 6.25. The summed E-state index contributed by atoms with van der Waals surface area (Å²) in [5.74, 6) is 0.942. The number of aryl methyl sites for hydroxylation is 2. The van der Waals surface area contributed by atoms with E-state index in [1.54, 1.807) is 0 Å². The van der Waals surface area contributed by atoms with Gasteiger partial charge in [-0.1, -0.05) is 6.07 Å². The lowest BCUT2D eigenvalue weighted by atomic mass is 10.0. The van der Waals surface area contributed by atoms with E-state index in [0.717, 1.165) is 12.2 Å². The normalized spacial score (nSPS) is 20.0. The van der Waals surface area contributed by atoms with Crippen molar-refractivity contribution in [2.45, 2.75) is 57.0 Å². The van der Waals surface area contributed by atoms with Gasteiger partial charge in [-0.3, -0.25) is 5.32 Å². The summed E-state index contributed by atoms with van der Waals surface area (Å²) >= 11 is 0. The molecule has 3 heteroatoms. The molecule has 3 nitrogen and oxygen atoms in total. The van der Waals surface area contributed by atoms with E-state index in [0.29, 0.717) is 12.6 Å². The molecule has 2 aliphatic rings. The summed E-state index contributed by atoms with van der Waals surface area (Å²) in [6.07, 6.45) is 6.75. The number of hydrogen-bond acceptors (Lipinski definition) is 3. The van der Waals surface area contributed by atoms with E-state index in [2.05, 4.69) is 29.6 Å². The molecule has 1 aromatic carbocycles. The molecule has 0 amide bonds. The number of benzene rings is 1. The molecule has 20 heavy (non-hydrogen) atoms. The first kappa shape index (κ1) is 13.5. The lowest BCUT2D eigenvalue weighted by Gasteiger charge is -2.23. The Hall–Kier alpha value is -1.53. The van der Waals surface area contributed by atoms with E-state index in [-0.39, 0.29) is 0 Å². The summed E-state index contributed by atoms with van der Waals surface area (Å²) in [5.41, 5.74) is 2.44. The maximum absolute atomic E-state index is 9.32. The minimum Gasteiger partial charge on any atom is -0.493 e. The van der Waals surface area contributed by atoms with Gasteiger partial charge in [0.2, 0.25) is 0 Å². The van der Waals surface area contributed by atoms with Crippen LogP contribution in [0, 0.1) is 11.3 Å². The average Bonchev–Trinajstić information content (AvgIpc) is 3.13. The number of ether oxygens (including phenoxy) is 1. The first-order valence-corrected chi connectivity index (χ1v) is 7.62. The van der Waals surface area contributed by atoms with E-state index in [1.807, 2.05) is 6.92 Å². The summed E-state index contributed by atoms with van der Waals surface area (Å²) in [5, 5.41) is 12.7. The van der Waals surface area contributed by atoms with Crippen LogP contribution in [-0.4, -0.2) is 18.2 Å². The maximum Gasteiger partial charge on any atom is 0.119 e. The molecule has 0 radical (unpaired) electrons. The smallest absolute Gasteiger partial charge is 0.119 e. The van der Waals surface area contributed by atoms with Crippen LogP contribution in [0.5, 0.6) is 5.75 Å². The monoisotopic (exact) mass is 270 g/mol. The van der Waals surface area contributed by atoms with Crippen LogP contribution in [0.4, 0.5) is 0 Å². The third kappa shape index (κ3) is 3.13. The zero-order chi connectivity index (χ0) is 14.0. The van der Waals surface area contributed by atoms with Crippen molar-refractivity contribution in [1.29, 1.82) is 5.26 Å². The van der Waals surface area contributed by atoms with Crippen molar-refractivity contribution in [1.82, 2.24) is 5.32 Å². The zero-order valence-corrected chi connectivity index (χ0v) is 12.1. The van der Waals surface area contributed by atoms with E-state index >= 15 is 0 Å². The highest BCUT2D eigenvalue weighted by Gasteiger charge is 2.32. The van der Waals surface area contributed by atoms with Crippen LogP contribution in [0.2, 0.25) is 0 Å². The standard InChI is InChI=1S/C17H22N2O/c1-17(12-18,19-15-6-7-15)9-10-20-16-8-5-13-3-2-4-14(13)11-16/h5,8,11,15,19H,2-4,6-7,9-10H2,1H3. The summed E-state index contributed by atoms with van der Waals surface area (Å²) in [6, 6.07) is 9.34. The fraction of sp³-hybridized carbons (Fsp3) is 0.588. The Bertz CT molecular complexity index is 530. The van der Waals surface area contributed by atoms with E-state index in [4.69, 9.17) is 4.74 Å². The lowest BCUT2D eigenvalue weighted by Crippen LogP contribution is -2.43. The van der Waals surface area contributed by atoms with E-state index in [9.17, 15) is 5.26 Å². The molecule has 106 valence electrons. The first-order valence-electron chi connectivity index (χ1n) is 7.62. The largest absolute Gasteiger partial charge is 0.493 e. The van der Waals surface area contributed by atoms with Gasteiger partial charge < -0.3 is 4.74 Å². The minimum absolute atomic E-state index is 0.460. The molecule has 1 aromatic rings. The van der Waals surface area contributed by atoms with Gasteiger partial charge in [-0.05, 0) is 62.3 Å². The first-order chi connectivity index (χ1) is 9.68. The van der Waals surface area contributed by atoms with Gasteiger partial charge in [0.05, 0.1) is 12.7 Å². The topological polar surface area (TPSA) is 45.0 Å². The number of nitriles is 1. The number of nitrogens with zero attached hydrogens (tertiary/aromatic N) is 1. The van der Waals surface area contributed by atoms with Gasteiger partial charge in [-0.15, -0.1) is 0 Å². The molecule has 0 spiro atoms. The van der Waals surface area contributed by atoms with Crippen LogP contribution in [0.25, 0.3) is 0 Å². The van der Waals surface area contributed by atoms with Crippen LogP contribution >= 0.6 is 0 Å². The maximum atomic E-state index is 9.32. The molecule has 0 aliphatic heterocycles. The number of nitrogens with one attached hydrogen (secondary N) is 1. The Kier molecular flexibility index (Phi) is 3.67. The second-order valence-corrected chi connectivity index (χ2v) is 6.25. The molecule has 0 heterocycles. The molecular weight excluding hydrogens is 248 g/mol. The molecular formula is C17H22N2O. The van der Waals surface area contributed by atoms with Gasteiger partial charge in [-0.25, -0.2) is 0 Å². The Balaban J connectivity index is 1.52. The molecule has 3 rings (SSSR count). The summed E-state index contributed by atoms with van der Waals surface area (Å²) in [7, 11) is 0. The SMILES string of the molecule is CC(C#N)(CCOc1ccc2c(c1)CCC2)NC1CC1. The molecule has 1 atom stereocenters. The lowest BCUT2D eigenvalue weighted by molar-refractivity contribution is 0.266. The van der Waals surface area contributed by atoms with Crippen LogP contribution in [0.3, 0.4) is 0 Å². The summed E-state index contributed by atoms with van der Waals surface area (Å²) in [6.45, 7) is 2.56. The van der Waals surface area contributed by atoms with Crippen molar-refractivity contribution in [3.63, 3.8) is 0 Å². The Morgan fingerprint density at radius 3 is 2.90 bits per heavy atom. The molecule has 0 aromatic heterocycles. The van der Waals surface area contributed by atoms with Crippen molar-refractivity contribution in [2.24, 2.45) is 0 Å². The second kappa shape index (κ2) is 5.46. The van der Waals surface area contributed by atoms with E-state index in [1.165, 1.54) is 43.2 Å². The van der Waals surface area contributed by atoms with Gasteiger partial charge in [0.15, 0.2) is 0 Å². The summed E-state index contributed by atoms with van der Waals surface area (Å²) in [4.78, 5) is 0. The van der Waals surface area contributed by atoms with Crippen molar-refractivity contribution in [2.75, 3.05) is 6.61 Å². The highest BCUT2D eigenvalue weighted by Crippen LogP contribution is 2.27. The fourth-order valence-electron chi connectivity index (χ4n) is 2.85. The number of rotatable bonds is 6. The highest BCUT2D eigenvalue weighted by molar-refractivity contribution is 5.38. The van der Waals surface area contributed by atoms with Crippen LogP contribution in [0.15, 0.2) is 18.2 Å². The molecule has 1 unspecified atom stereocenters. The fourth-order valence-corrected chi connectivity index (χ4v) is 2.85. The van der Waals surface area contributed by atoms with Crippen LogP contribution in [-0.2, 0) is 12.8 Å². The van der Waals surface area contributed by atoms with Crippen molar-refractivity contribution >= 4 is 0 Å². The third-order valence-electron chi connectivity index (χ3n) is 4.29. The van der Waals surface area contributed by atoms with Gasteiger partial charge >= 0.3 is 0 Å². The number of fused-ring (bicyclic) bond motifs is 1. The van der Waals surface area contributed by atoms with Gasteiger partial charge in [0.25, 0.3) is 0 Å². The molecule has 0 bridgehead atoms.